The van der Waals surface area contributed by atoms with Crippen LogP contribution in [0.3, 0.4) is 0 Å². The van der Waals surface area contributed by atoms with Crippen molar-refractivity contribution < 1.29 is 24.2 Å². The minimum atomic E-state index is -1.16. The highest BCUT2D eigenvalue weighted by Crippen LogP contribution is 2.44. The predicted molar refractivity (Wildman–Crippen MR) is 132 cm³/mol. The first-order chi connectivity index (χ1) is 16.9. The van der Waals surface area contributed by atoms with Gasteiger partial charge in [0.2, 0.25) is 5.91 Å². The Hall–Kier alpha value is -3.72. The molecule has 9 heteroatoms. The van der Waals surface area contributed by atoms with E-state index in [-0.39, 0.29) is 23.1 Å². The highest BCUT2D eigenvalue weighted by molar-refractivity contribution is 7.11. The molecule has 2 aromatic carbocycles. The van der Waals surface area contributed by atoms with E-state index < -0.39 is 24.0 Å². The molecular weight excluding hydrogens is 466 g/mol. The zero-order chi connectivity index (χ0) is 24.5. The number of aryl methyl sites for hydroxylation is 1. The number of carboxylic acids is 1. The Morgan fingerprint density at radius 2 is 1.71 bits per heavy atom. The monoisotopic (exact) mass is 491 g/mol. The number of carbonyl (C=O) groups is 3. The molecule has 1 fully saturated rings. The van der Waals surface area contributed by atoms with E-state index in [1.165, 1.54) is 0 Å². The second-order valence-electron chi connectivity index (χ2n) is 8.97. The van der Waals surface area contributed by atoms with Crippen molar-refractivity contribution in [1.29, 1.82) is 0 Å². The lowest BCUT2D eigenvalue weighted by Crippen LogP contribution is -2.44. The van der Waals surface area contributed by atoms with E-state index in [1.807, 2.05) is 36.4 Å². The van der Waals surface area contributed by atoms with Crippen LogP contribution in [0.25, 0.3) is 11.1 Å². The number of carbonyl (C=O) groups excluding carboxylic acids is 2. The quantitative estimate of drug-likeness (QED) is 0.417. The van der Waals surface area contributed by atoms with E-state index in [1.54, 1.807) is 6.92 Å². The van der Waals surface area contributed by atoms with Gasteiger partial charge in [-0.25, -0.2) is 9.59 Å². The second kappa shape index (κ2) is 9.50. The summed E-state index contributed by atoms with van der Waals surface area (Å²) in [4.78, 5) is 37.3. The van der Waals surface area contributed by atoms with Crippen LogP contribution >= 0.6 is 11.5 Å². The zero-order valence-electron chi connectivity index (χ0n) is 19.1. The summed E-state index contributed by atoms with van der Waals surface area (Å²) in [5.74, 6) is -1.37. The van der Waals surface area contributed by atoms with E-state index in [0.717, 1.165) is 46.6 Å². The minimum absolute atomic E-state index is 0.0327. The van der Waals surface area contributed by atoms with Gasteiger partial charge in [-0.3, -0.25) is 4.79 Å². The largest absolute Gasteiger partial charge is 0.478 e. The lowest BCUT2D eigenvalue weighted by atomic mass is 9.98. The average Bonchev–Trinajstić information content (AvgIpc) is 3.50. The third kappa shape index (κ3) is 4.77. The maximum atomic E-state index is 13.0. The van der Waals surface area contributed by atoms with E-state index in [2.05, 4.69) is 27.1 Å². The fraction of sp³-hybridized carbons (Fsp3) is 0.308. The van der Waals surface area contributed by atoms with Gasteiger partial charge in [0.15, 0.2) is 0 Å². The molecule has 1 aromatic heterocycles. The van der Waals surface area contributed by atoms with Gasteiger partial charge in [-0.1, -0.05) is 61.4 Å². The Kier molecular flexibility index (Phi) is 6.25. The Bertz CT molecular complexity index is 1250. The first kappa shape index (κ1) is 23.0. The summed E-state index contributed by atoms with van der Waals surface area (Å²) in [6, 6.07) is 15.3. The Morgan fingerprint density at radius 1 is 1.09 bits per heavy atom. The zero-order valence-corrected chi connectivity index (χ0v) is 19.9. The molecule has 5 rings (SSSR count). The average molecular weight is 492 g/mol. The lowest BCUT2D eigenvalue weighted by Gasteiger charge is -2.19. The molecule has 1 unspecified atom stereocenters. The summed E-state index contributed by atoms with van der Waals surface area (Å²) in [6.07, 6.45) is 1.79. The molecule has 35 heavy (non-hydrogen) atoms. The first-order valence-electron chi connectivity index (χ1n) is 11.5. The van der Waals surface area contributed by atoms with Crippen molar-refractivity contribution in [3.63, 3.8) is 0 Å². The molecule has 1 atom stereocenters. The number of carboxylic acid groups (broad SMARTS) is 1. The fourth-order valence-electron chi connectivity index (χ4n) is 4.61. The summed E-state index contributed by atoms with van der Waals surface area (Å²) in [5.41, 5.74) is 4.79. The molecule has 2 aliphatic rings. The normalized spacial score (nSPS) is 15.1. The van der Waals surface area contributed by atoms with E-state index in [4.69, 9.17) is 4.74 Å². The van der Waals surface area contributed by atoms with Crippen LogP contribution in [0.1, 0.15) is 52.4 Å². The van der Waals surface area contributed by atoms with Gasteiger partial charge < -0.3 is 20.5 Å². The van der Waals surface area contributed by atoms with Gasteiger partial charge in [-0.05, 0) is 53.0 Å². The number of nitrogens with one attached hydrogen (secondary N) is 2. The number of hydrogen-bond acceptors (Lipinski definition) is 6. The summed E-state index contributed by atoms with van der Waals surface area (Å²) in [6.45, 7) is 1.72. The number of hydrogen-bond donors (Lipinski definition) is 3. The number of anilines is 1. The fourth-order valence-corrected chi connectivity index (χ4v) is 5.40. The van der Waals surface area contributed by atoms with Gasteiger partial charge in [-0.2, -0.15) is 4.37 Å². The summed E-state index contributed by atoms with van der Waals surface area (Å²) < 4.78 is 9.63. The third-order valence-corrected chi connectivity index (χ3v) is 7.39. The molecule has 3 aromatic rings. The predicted octanol–water partition coefficient (Wildman–Crippen LogP) is 4.80. The number of benzene rings is 2. The van der Waals surface area contributed by atoms with Crippen LogP contribution in [0, 0.1) is 12.8 Å². The molecular formula is C26H25N3O5S. The van der Waals surface area contributed by atoms with E-state index in [0.29, 0.717) is 18.0 Å². The smallest absolute Gasteiger partial charge is 0.407 e. The number of alkyl carbamates (subject to hydrolysis) is 1. The van der Waals surface area contributed by atoms with Gasteiger partial charge in [0.25, 0.3) is 0 Å². The molecule has 2 amide bonds. The highest BCUT2D eigenvalue weighted by Gasteiger charge is 2.33. The Morgan fingerprint density at radius 3 is 2.31 bits per heavy atom. The molecule has 8 nitrogen and oxygen atoms in total. The van der Waals surface area contributed by atoms with Crippen LogP contribution in [-0.4, -0.2) is 40.1 Å². The van der Waals surface area contributed by atoms with Crippen molar-refractivity contribution in [1.82, 2.24) is 9.69 Å². The second-order valence-corrected chi connectivity index (χ2v) is 9.74. The van der Waals surface area contributed by atoms with Gasteiger partial charge >= 0.3 is 12.1 Å². The van der Waals surface area contributed by atoms with Crippen LogP contribution in [-0.2, 0) is 9.53 Å². The molecule has 1 heterocycles. The standard InChI is InChI=1S/C26H25N3O5S/c1-14-22(25(31)32)24(35-29-14)28-23(30)21(12-15-10-11-15)27-26(33)34-13-20-18-8-4-2-6-16(18)17-7-3-5-9-19(17)20/h2-9,15,20-21H,10-13H2,1H3,(H,27,33)(H,28,30)(H,31,32). The summed E-state index contributed by atoms with van der Waals surface area (Å²) >= 11 is 0.911. The molecule has 3 N–H and O–H groups in total. The molecule has 0 bridgehead atoms. The minimum Gasteiger partial charge on any atom is -0.478 e. The van der Waals surface area contributed by atoms with Gasteiger partial charge in [-0.15, -0.1) is 0 Å². The summed E-state index contributed by atoms with van der Waals surface area (Å²) in [5, 5.41) is 14.9. The first-order valence-corrected chi connectivity index (χ1v) is 12.3. The maximum absolute atomic E-state index is 13.0. The van der Waals surface area contributed by atoms with Crippen LogP contribution < -0.4 is 10.6 Å². The molecule has 0 aliphatic heterocycles. The molecule has 0 spiro atoms. The number of nitrogens with zero attached hydrogens (tertiary/aromatic N) is 1. The van der Waals surface area contributed by atoms with Crippen molar-refractivity contribution in [3.8, 4) is 11.1 Å². The molecule has 2 aliphatic carbocycles. The number of rotatable bonds is 8. The number of aromatic nitrogens is 1. The SMILES string of the molecule is Cc1nsc(NC(=O)C(CC2CC2)NC(=O)OCC2c3ccccc3-c3ccccc32)c1C(=O)O. The number of ether oxygens (including phenoxy) is 1. The van der Waals surface area contributed by atoms with Crippen molar-refractivity contribution in [2.45, 2.75) is 38.1 Å². The van der Waals surface area contributed by atoms with Crippen LogP contribution in [0.2, 0.25) is 0 Å². The molecule has 0 saturated heterocycles. The Balaban J connectivity index is 1.26. The third-order valence-electron chi connectivity index (χ3n) is 6.53. The molecule has 0 radical (unpaired) electrons. The van der Waals surface area contributed by atoms with Gasteiger partial charge in [0, 0.05) is 5.92 Å². The van der Waals surface area contributed by atoms with Gasteiger partial charge in [0.05, 0.1) is 5.69 Å². The van der Waals surface area contributed by atoms with Crippen molar-refractivity contribution in [3.05, 3.63) is 70.9 Å². The Labute approximate surface area is 206 Å². The molecule has 1 saturated carbocycles. The maximum Gasteiger partial charge on any atom is 0.407 e. The molecule has 180 valence electrons. The number of fused-ring (bicyclic) bond motifs is 3. The van der Waals surface area contributed by atoms with Crippen molar-refractivity contribution in [2.75, 3.05) is 11.9 Å². The summed E-state index contributed by atoms with van der Waals surface area (Å²) in [7, 11) is 0. The lowest BCUT2D eigenvalue weighted by molar-refractivity contribution is -0.118. The van der Waals surface area contributed by atoms with E-state index in [9.17, 15) is 19.5 Å². The van der Waals surface area contributed by atoms with Crippen LogP contribution in [0.5, 0.6) is 0 Å². The van der Waals surface area contributed by atoms with Crippen LogP contribution in [0.15, 0.2) is 48.5 Å². The number of amides is 2. The van der Waals surface area contributed by atoms with Crippen LogP contribution in [0.4, 0.5) is 9.80 Å². The van der Waals surface area contributed by atoms with Gasteiger partial charge in [0.1, 0.15) is 23.2 Å². The van der Waals surface area contributed by atoms with E-state index >= 15 is 0 Å². The van der Waals surface area contributed by atoms with Crippen molar-refractivity contribution in [2.24, 2.45) is 5.92 Å². The highest BCUT2D eigenvalue weighted by atomic mass is 32.1. The van der Waals surface area contributed by atoms with Crippen molar-refractivity contribution >= 4 is 34.5 Å². The topological polar surface area (TPSA) is 118 Å². The number of aromatic carboxylic acids is 1.